The zero-order chi connectivity index (χ0) is 11.7. The third-order valence-corrected chi connectivity index (χ3v) is 3.81. The SMILES string of the molecule is O=C(O)c1sccc1-c1ccsc1C(=O)O. The van der Waals surface area contributed by atoms with E-state index in [1.54, 1.807) is 22.9 Å². The number of thiophene rings is 2. The van der Waals surface area contributed by atoms with E-state index in [4.69, 9.17) is 10.2 Å². The Morgan fingerprint density at radius 3 is 1.56 bits per heavy atom. The molecular formula is C10H6O4S2. The van der Waals surface area contributed by atoms with Crippen LogP contribution in [-0.2, 0) is 0 Å². The topological polar surface area (TPSA) is 74.6 Å². The molecule has 0 saturated heterocycles. The summed E-state index contributed by atoms with van der Waals surface area (Å²) in [6, 6.07) is 3.26. The van der Waals surface area contributed by atoms with Crippen LogP contribution in [0.5, 0.6) is 0 Å². The van der Waals surface area contributed by atoms with E-state index in [1.807, 2.05) is 0 Å². The molecule has 0 unspecified atom stereocenters. The molecule has 0 saturated carbocycles. The Labute approximate surface area is 98.4 Å². The van der Waals surface area contributed by atoms with E-state index >= 15 is 0 Å². The van der Waals surface area contributed by atoms with Crippen LogP contribution in [0.3, 0.4) is 0 Å². The number of hydrogen-bond donors (Lipinski definition) is 2. The molecule has 16 heavy (non-hydrogen) atoms. The van der Waals surface area contributed by atoms with Crippen LogP contribution in [0.4, 0.5) is 0 Å². The van der Waals surface area contributed by atoms with E-state index in [2.05, 4.69) is 0 Å². The van der Waals surface area contributed by atoms with Crippen molar-refractivity contribution in [2.24, 2.45) is 0 Å². The summed E-state index contributed by atoms with van der Waals surface area (Å²) in [5.74, 6) is -2.07. The lowest BCUT2D eigenvalue weighted by Gasteiger charge is -1.99. The van der Waals surface area contributed by atoms with Gasteiger partial charge in [-0.15, -0.1) is 22.7 Å². The zero-order valence-electron chi connectivity index (χ0n) is 7.84. The summed E-state index contributed by atoms with van der Waals surface area (Å²) in [7, 11) is 0. The predicted molar refractivity (Wildman–Crippen MR) is 61.6 cm³/mol. The summed E-state index contributed by atoms with van der Waals surface area (Å²) in [5.41, 5.74) is 0.937. The van der Waals surface area contributed by atoms with Gasteiger partial charge in [0.2, 0.25) is 0 Å². The molecule has 0 spiro atoms. The highest BCUT2D eigenvalue weighted by molar-refractivity contribution is 7.13. The van der Waals surface area contributed by atoms with Gasteiger partial charge in [0.1, 0.15) is 9.75 Å². The highest BCUT2D eigenvalue weighted by Crippen LogP contribution is 2.33. The van der Waals surface area contributed by atoms with Crippen molar-refractivity contribution in [2.45, 2.75) is 0 Å². The van der Waals surface area contributed by atoms with E-state index in [0.29, 0.717) is 11.1 Å². The third-order valence-electron chi connectivity index (χ3n) is 2.01. The van der Waals surface area contributed by atoms with Crippen LogP contribution < -0.4 is 0 Å². The van der Waals surface area contributed by atoms with E-state index in [9.17, 15) is 9.59 Å². The van der Waals surface area contributed by atoms with Crippen molar-refractivity contribution in [1.82, 2.24) is 0 Å². The zero-order valence-corrected chi connectivity index (χ0v) is 9.47. The van der Waals surface area contributed by atoms with Crippen LogP contribution in [0.15, 0.2) is 22.9 Å². The van der Waals surface area contributed by atoms with Gasteiger partial charge in [0, 0.05) is 11.1 Å². The summed E-state index contributed by atoms with van der Waals surface area (Å²) >= 11 is 2.18. The molecule has 2 N–H and O–H groups in total. The van der Waals surface area contributed by atoms with E-state index in [-0.39, 0.29) is 9.75 Å². The first-order chi connectivity index (χ1) is 7.61. The predicted octanol–water partition coefficient (Wildman–Crippen LogP) is 2.87. The minimum atomic E-state index is -1.03. The molecule has 0 fully saturated rings. The van der Waals surface area contributed by atoms with Gasteiger partial charge in [0.05, 0.1) is 0 Å². The molecule has 82 valence electrons. The van der Waals surface area contributed by atoms with Gasteiger partial charge >= 0.3 is 11.9 Å². The normalized spacial score (nSPS) is 10.2. The Kier molecular flexibility index (Phi) is 2.76. The highest BCUT2D eigenvalue weighted by atomic mass is 32.1. The number of rotatable bonds is 3. The largest absolute Gasteiger partial charge is 0.477 e. The molecule has 0 aliphatic rings. The first-order valence-electron chi connectivity index (χ1n) is 4.23. The van der Waals surface area contributed by atoms with E-state index in [1.165, 1.54) is 0 Å². The first-order valence-corrected chi connectivity index (χ1v) is 5.99. The summed E-state index contributed by atoms with van der Waals surface area (Å²) in [6.45, 7) is 0. The minimum absolute atomic E-state index is 0.168. The monoisotopic (exact) mass is 254 g/mol. The van der Waals surface area contributed by atoms with Crippen molar-refractivity contribution < 1.29 is 19.8 Å². The van der Waals surface area contributed by atoms with Crippen molar-refractivity contribution in [3.63, 3.8) is 0 Å². The van der Waals surface area contributed by atoms with Crippen LogP contribution in [-0.4, -0.2) is 22.2 Å². The lowest BCUT2D eigenvalue weighted by atomic mass is 10.1. The van der Waals surface area contributed by atoms with E-state index in [0.717, 1.165) is 22.7 Å². The van der Waals surface area contributed by atoms with Gasteiger partial charge in [-0.2, -0.15) is 0 Å². The molecule has 4 nitrogen and oxygen atoms in total. The molecule has 0 radical (unpaired) electrons. The van der Waals surface area contributed by atoms with Gasteiger partial charge in [0.25, 0.3) is 0 Å². The van der Waals surface area contributed by atoms with Crippen LogP contribution in [0.1, 0.15) is 19.3 Å². The summed E-state index contributed by atoms with van der Waals surface area (Å²) in [5, 5.41) is 21.2. The summed E-state index contributed by atoms with van der Waals surface area (Å²) in [6.07, 6.45) is 0. The van der Waals surface area contributed by atoms with Crippen molar-refractivity contribution in [2.75, 3.05) is 0 Å². The standard InChI is InChI=1S/C10H6O4S2/c11-9(12)7-5(1-3-15-7)6-2-4-16-8(6)10(13)14/h1-4H,(H,11,12)(H,13,14). The molecule has 2 rings (SSSR count). The highest BCUT2D eigenvalue weighted by Gasteiger charge is 2.19. The molecule has 2 aromatic heterocycles. The Hall–Kier alpha value is -1.66. The van der Waals surface area contributed by atoms with Gasteiger partial charge < -0.3 is 10.2 Å². The van der Waals surface area contributed by atoms with Gasteiger partial charge in [-0.25, -0.2) is 9.59 Å². The van der Waals surface area contributed by atoms with Gasteiger partial charge in [-0.05, 0) is 22.9 Å². The fourth-order valence-electron chi connectivity index (χ4n) is 1.37. The molecule has 0 amide bonds. The molecule has 6 heteroatoms. The Bertz CT molecular complexity index is 502. The number of carbonyl (C=O) groups is 2. The number of hydrogen-bond acceptors (Lipinski definition) is 4. The molecule has 0 aliphatic carbocycles. The minimum Gasteiger partial charge on any atom is -0.477 e. The van der Waals surface area contributed by atoms with Gasteiger partial charge in [-0.1, -0.05) is 0 Å². The molecule has 2 heterocycles. The van der Waals surface area contributed by atoms with Crippen LogP contribution in [0, 0.1) is 0 Å². The fourth-order valence-corrected chi connectivity index (χ4v) is 2.87. The lowest BCUT2D eigenvalue weighted by molar-refractivity contribution is 0.0689. The maximum Gasteiger partial charge on any atom is 0.346 e. The maximum absolute atomic E-state index is 10.9. The molecular weight excluding hydrogens is 248 g/mol. The van der Waals surface area contributed by atoms with Crippen LogP contribution >= 0.6 is 22.7 Å². The molecule has 2 aromatic rings. The smallest absolute Gasteiger partial charge is 0.346 e. The second kappa shape index (κ2) is 4.07. The van der Waals surface area contributed by atoms with E-state index < -0.39 is 11.9 Å². The van der Waals surface area contributed by atoms with Crippen LogP contribution in [0.25, 0.3) is 11.1 Å². The second-order valence-electron chi connectivity index (χ2n) is 2.94. The number of carboxylic acid groups (broad SMARTS) is 2. The fraction of sp³-hybridized carbons (Fsp3) is 0. The Morgan fingerprint density at radius 2 is 1.25 bits per heavy atom. The Balaban J connectivity index is 2.59. The number of aromatic carboxylic acids is 2. The summed E-state index contributed by atoms with van der Waals surface area (Å²) in [4.78, 5) is 22.2. The van der Waals surface area contributed by atoms with Crippen molar-refractivity contribution >= 4 is 34.6 Å². The maximum atomic E-state index is 10.9. The average Bonchev–Trinajstić information content (AvgIpc) is 2.85. The van der Waals surface area contributed by atoms with Crippen molar-refractivity contribution in [3.8, 4) is 11.1 Å². The molecule has 0 atom stereocenters. The molecule has 0 aliphatic heterocycles. The van der Waals surface area contributed by atoms with Gasteiger partial charge in [-0.3, -0.25) is 0 Å². The van der Waals surface area contributed by atoms with Crippen LogP contribution in [0.2, 0.25) is 0 Å². The number of carboxylic acids is 2. The summed E-state index contributed by atoms with van der Waals surface area (Å²) < 4.78 is 0. The first kappa shape index (κ1) is 10.8. The molecule has 0 bridgehead atoms. The van der Waals surface area contributed by atoms with Gasteiger partial charge in [0.15, 0.2) is 0 Å². The third kappa shape index (κ3) is 1.72. The lowest BCUT2D eigenvalue weighted by Crippen LogP contribution is -1.98. The molecule has 0 aromatic carbocycles. The average molecular weight is 254 g/mol. The quantitative estimate of drug-likeness (QED) is 0.883. The van der Waals surface area contributed by atoms with Crippen molar-refractivity contribution in [1.29, 1.82) is 0 Å². The second-order valence-corrected chi connectivity index (χ2v) is 4.77. The Morgan fingerprint density at radius 1 is 0.875 bits per heavy atom. The van der Waals surface area contributed by atoms with Crippen molar-refractivity contribution in [3.05, 3.63) is 32.6 Å².